The minimum atomic E-state index is 0.322. The molecule has 3 unspecified atom stereocenters. The lowest BCUT2D eigenvalue weighted by atomic mass is 9.70. The number of nitrogens with one attached hydrogen (secondary N) is 1. The zero-order valence-corrected chi connectivity index (χ0v) is 13.0. The summed E-state index contributed by atoms with van der Waals surface area (Å²) in [5.41, 5.74) is 3.36. The van der Waals surface area contributed by atoms with E-state index in [1.54, 1.807) is 0 Å². The minimum Gasteiger partial charge on any atom is -0.381 e. The van der Waals surface area contributed by atoms with Gasteiger partial charge in [0.2, 0.25) is 0 Å². The molecular weight excluding hydrogens is 246 g/mol. The summed E-state index contributed by atoms with van der Waals surface area (Å²) in [5, 5.41) is 3.93. The van der Waals surface area contributed by atoms with Crippen molar-refractivity contribution >= 4 is 0 Å². The van der Waals surface area contributed by atoms with E-state index in [-0.39, 0.29) is 0 Å². The normalized spacial score (nSPS) is 29.9. The van der Waals surface area contributed by atoms with Crippen LogP contribution in [0, 0.1) is 11.3 Å². The van der Waals surface area contributed by atoms with Crippen molar-refractivity contribution in [3.05, 3.63) is 35.4 Å². The Labute approximate surface area is 122 Å². The van der Waals surface area contributed by atoms with E-state index in [9.17, 15) is 0 Å². The van der Waals surface area contributed by atoms with E-state index >= 15 is 0 Å². The number of benzene rings is 1. The van der Waals surface area contributed by atoms with Crippen molar-refractivity contribution in [3.63, 3.8) is 0 Å². The maximum absolute atomic E-state index is 5.55. The molecule has 3 rings (SSSR count). The predicted octanol–water partition coefficient (Wildman–Crippen LogP) is 3.71. The molecule has 2 heteroatoms. The van der Waals surface area contributed by atoms with Gasteiger partial charge in [-0.2, -0.15) is 0 Å². The summed E-state index contributed by atoms with van der Waals surface area (Å²) < 4.78 is 5.55. The molecule has 0 spiro atoms. The molecule has 20 heavy (non-hydrogen) atoms. The molecule has 110 valence electrons. The molecule has 3 atom stereocenters. The molecule has 1 aromatic rings. The first-order valence-electron chi connectivity index (χ1n) is 7.99. The lowest BCUT2D eigenvalue weighted by Crippen LogP contribution is -2.44. The van der Waals surface area contributed by atoms with E-state index in [1.165, 1.54) is 30.4 Å². The van der Waals surface area contributed by atoms with Crippen molar-refractivity contribution in [2.24, 2.45) is 11.3 Å². The fourth-order valence-electron chi connectivity index (χ4n) is 3.73. The molecule has 1 fully saturated rings. The highest BCUT2D eigenvalue weighted by Crippen LogP contribution is 2.44. The molecule has 1 saturated heterocycles. The van der Waals surface area contributed by atoms with Crippen molar-refractivity contribution < 1.29 is 4.74 Å². The number of aryl methyl sites for hydroxylation is 1. The molecule has 1 aliphatic carbocycles. The van der Waals surface area contributed by atoms with Gasteiger partial charge in [0.15, 0.2) is 0 Å². The summed E-state index contributed by atoms with van der Waals surface area (Å²) in [5.74, 6) is 0.667. The van der Waals surface area contributed by atoms with Crippen molar-refractivity contribution in [3.8, 4) is 0 Å². The third-order valence-electron chi connectivity index (χ3n) is 5.29. The Hall–Kier alpha value is -0.860. The second kappa shape index (κ2) is 5.50. The van der Waals surface area contributed by atoms with Crippen molar-refractivity contribution in [1.29, 1.82) is 0 Å². The Morgan fingerprint density at radius 1 is 1.30 bits per heavy atom. The minimum absolute atomic E-state index is 0.322. The predicted molar refractivity (Wildman–Crippen MR) is 82.8 cm³/mol. The third-order valence-corrected chi connectivity index (χ3v) is 5.29. The highest BCUT2D eigenvalue weighted by molar-refractivity contribution is 5.34. The van der Waals surface area contributed by atoms with E-state index in [0.717, 1.165) is 13.2 Å². The molecule has 1 aliphatic heterocycles. The molecule has 1 heterocycles. The maximum atomic E-state index is 5.55. The fourth-order valence-corrected chi connectivity index (χ4v) is 3.73. The van der Waals surface area contributed by atoms with Gasteiger partial charge in [-0.15, -0.1) is 0 Å². The fraction of sp³-hybridized carbons (Fsp3) is 0.667. The van der Waals surface area contributed by atoms with E-state index in [4.69, 9.17) is 4.74 Å². The quantitative estimate of drug-likeness (QED) is 0.906. The van der Waals surface area contributed by atoms with Crippen LogP contribution < -0.4 is 5.32 Å². The smallest absolute Gasteiger partial charge is 0.0509 e. The summed E-state index contributed by atoms with van der Waals surface area (Å²) in [6.45, 7) is 8.98. The first-order chi connectivity index (χ1) is 9.58. The molecule has 1 aromatic carbocycles. The van der Waals surface area contributed by atoms with Crippen LogP contribution in [0.15, 0.2) is 24.3 Å². The van der Waals surface area contributed by atoms with E-state index in [0.29, 0.717) is 23.4 Å². The van der Waals surface area contributed by atoms with Gasteiger partial charge in [-0.05, 0) is 48.6 Å². The monoisotopic (exact) mass is 273 g/mol. The van der Waals surface area contributed by atoms with Gasteiger partial charge < -0.3 is 10.1 Å². The first-order valence-corrected chi connectivity index (χ1v) is 7.99. The topological polar surface area (TPSA) is 21.3 Å². The lowest BCUT2D eigenvalue weighted by Gasteiger charge is -2.42. The van der Waals surface area contributed by atoms with Crippen LogP contribution in [0.1, 0.15) is 50.8 Å². The third kappa shape index (κ3) is 2.64. The number of rotatable bonds is 3. The van der Waals surface area contributed by atoms with Gasteiger partial charge in [0.05, 0.1) is 6.61 Å². The number of hydrogen-bond acceptors (Lipinski definition) is 2. The zero-order chi connectivity index (χ0) is 14.2. The van der Waals surface area contributed by atoms with Gasteiger partial charge in [-0.25, -0.2) is 0 Å². The molecular formula is C18H27NO. The molecule has 0 aromatic heterocycles. The molecule has 1 N–H and O–H groups in total. The van der Waals surface area contributed by atoms with Crippen LogP contribution in [-0.2, 0) is 11.2 Å². The lowest BCUT2D eigenvalue weighted by molar-refractivity contribution is 0.156. The summed E-state index contributed by atoms with van der Waals surface area (Å²) in [6.07, 6.45) is 3.67. The molecule has 0 radical (unpaired) electrons. The van der Waals surface area contributed by atoms with Crippen molar-refractivity contribution in [1.82, 2.24) is 5.32 Å². The Morgan fingerprint density at radius 2 is 2.10 bits per heavy atom. The average Bonchev–Trinajstić information content (AvgIpc) is 2.96. The Bertz CT molecular complexity index is 462. The van der Waals surface area contributed by atoms with Gasteiger partial charge in [0, 0.05) is 18.7 Å². The molecule has 0 saturated carbocycles. The molecule has 2 nitrogen and oxygen atoms in total. The average molecular weight is 273 g/mol. The van der Waals surface area contributed by atoms with Crippen LogP contribution in [0.3, 0.4) is 0 Å². The summed E-state index contributed by atoms with van der Waals surface area (Å²) >= 11 is 0. The van der Waals surface area contributed by atoms with Gasteiger partial charge in [0.25, 0.3) is 0 Å². The van der Waals surface area contributed by atoms with E-state index < -0.39 is 0 Å². The molecule has 0 amide bonds. The SMILES string of the molecule is CC(NC1c2ccccc2CCC1(C)C)C1CCOC1. The second-order valence-corrected chi connectivity index (χ2v) is 7.20. The highest BCUT2D eigenvalue weighted by atomic mass is 16.5. The Balaban J connectivity index is 1.82. The summed E-state index contributed by atoms with van der Waals surface area (Å²) in [6, 6.07) is 9.94. The first kappa shape index (κ1) is 14.1. The van der Waals surface area contributed by atoms with Crippen LogP contribution in [-0.4, -0.2) is 19.3 Å². The number of ether oxygens (including phenoxy) is 1. The van der Waals surface area contributed by atoms with Gasteiger partial charge in [0.1, 0.15) is 0 Å². The van der Waals surface area contributed by atoms with Crippen LogP contribution in [0.2, 0.25) is 0 Å². The van der Waals surface area contributed by atoms with Crippen LogP contribution >= 0.6 is 0 Å². The number of hydrogen-bond donors (Lipinski definition) is 1. The summed E-state index contributed by atoms with van der Waals surface area (Å²) in [4.78, 5) is 0. The maximum Gasteiger partial charge on any atom is 0.0509 e. The largest absolute Gasteiger partial charge is 0.381 e. The molecule has 0 bridgehead atoms. The van der Waals surface area contributed by atoms with Crippen LogP contribution in [0.5, 0.6) is 0 Å². The Morgan fingerprint density at radius 3 is 2.85 bits per heavy atom. The standard InChI is InChI=1S/C18H27NO/c1-13(15-9-11-20-12-15)19-17-16-7-5-4-6-14(16)8-10-18(17,2)3/h4-7,13,15,17,19H,8-12H2,1-3H3. The second-order valence-electron chi connectivity index (χ2n) is 7.20. The summed E-state index contributed by atoms with van der Waals surface area (Å²) in [7, 11) is 0. The van der Waals surface area contributed by atoms with Crippen LogP contribution in [0.4, 0.5) is 0 Å². The van der Waals surface area contributed by atoms with Crippen molar-refractivity contribution in [2.75, 3.05) is 13.2 Å². The zero-order valence-electron chi connectivity index (χ0n) is 13.0. The Kier molecular flexibility index (Phi) is 3.87. The van der Waals surface area contributed by atoms with E-state index in [2.05, 4.69) is 50.4 Å². The van der Waals surface area contributed by atoms with Crippen LogP contribution in [0.25, 0.3) is 0 Å². The number of fused-ring (bicyclic) bond motifs is 1. The van der Waals surface area contributed by atoms with Gasteiger partial charge in [-0.3, -0.25) is 0 Å². The van der Waals surface area contributed by atoms with Crippen molar-refractivity contribution in [2.45, 2.75) is 52.1 Å². The molecule has 2 aliphatic rings. The van der Waals surface area contributed by atoms with E-state index in [1.807, 2.05) is 0 Å². The van der Waals surface area contributed by atoms with Gasteiger partial charge >= 0.3 is 0 Å². The van der Waals surface area contributed by atoms with Gasteiger partial charge in [-0.1, -0.05) is 38.1 Å². The highest BCUT2D eigenvalue weighted by Gasteiger charge is 2.37.